The number of ketones is 1. The first-order valence-electron chi connectivity index (χ1n) is 12.2. The molecule has 1 saturated heterocycles. The summed E-state index contributed by atoms with van der Waals surface area (Å²) >= 11 is 12.7. The lowest BCUT2D eigenvalue weighted by atomic mass is 9.94. The van der Waals surface area contributed by atoms with Crippen molar-refractivity contribution in [1.29, 1.82) is 0 Å². The molecule has 1 aromatic heterocycles. The lowest BCUT2D eigenvalue weighted by molar-refractivity contribution is -0.140. The molecule has 0 spiro atoms. The maximum absolute atomic E-state index is 13.4. The van der Waals surface area contributed by atoms with Gasteiger partial charge in [0.2, 0.25) is 0 Å². The number of nitrogens with zero attached hydrogens (tertiary/aromatic N) is 2. The fraction of sp³-hybridized carbons (Fsp3) is 0.129. The van der Waals surface area contributed by atoms with Crippen LogP contribution in [-0.2, 0) is 22.7 Å². The molecule has 1 atom stereocenters. The van der Waals surface area contributed by atoms with Crippen molar-refractivity contribution in [3.8, 4) is 5.75 Å². The van der Waals surface area contributed by atoms with Crippen molar-refractivity contribution in [2.45, 2.75) is 26.1 Å². The summed E-state index contributed by atoms with van der Waals surface area (Å²) in [5.74, 6) is -1.19. The summed E-state index contributed by atoms with van der Waals surface area (Å²) in [6.07, 6.45) is 3.25. The fourth-order valence-electron chi connectivity index (χ4n) is 4.63. The third-order valence-corrected chi connectivity index (χ3v) is 7.12. The quantitative estimate of drug-likeness (QED) is 0.151. The van der Waals surface area contributed by atoms with Crippen LogP contribution in [0.25, 0.3) is 5.76 Å². The van der Waals surface area contributed by atoms with Gasteiger partial charge in [-0.15, -0.1) is 0 Å². The number of aliphatic hydroxyl groups excluding tert-OH is 1. The Morgan fingerprint density at radius 2 is 1.74 bits per heavy atom. The first-order chi connectivity index (χ1) is 18.8. The Bertz CT molecular complexity index is 1570. The second-order valence-corrected chi connectivity index (χ2v) is 10.1. The van der Waals surface area contributed by atoms with Crippen molar-refractivity contribution >= 4 is 40.7 Å². The van der Waals surface area contributed by atoms with Gasteiger partial charge in [0.05, 0.1) is 11.6 Å². The van der Waals surface area contributed by atoms with Crippen molar-refractivity contribution in [2.24, 2.45) is 0 Å². The molecule has 1 fully saturated rings. The van der Waals surface area contributed by atoms with Gasteiger partial charge < -0.3 is 14.7 Å². The summed E-state index contributed by atoms with van der Waals surface area (Å²) in [6.45, 7) is 2.34. The number of pyridine rings is 1. The van der Waals surface area contributed by atoms with Gasteiger partial charge in [-0.05, 0) is 65.6 Å². The number of carbonyl (C=O) groups excluding carboxylic acids is 2. The van der Waals surface area contributed by atoms with E-state index in [1.165, 1.54) is 4.90 Å². The number of hydrogen-bond acceptors (Lipinski definition) is 5. The van der Waals surface area contributed by atoms with Crippen LogP contribution in [0.1, 0.15) is 33.9 Å². The maximum Gasteiger partial charge on any atom is 0.295 e. The van der Waals surface area contributed by atoms with Crippen LogP contribution >= 0.6 is 23.2 Å². The highest BCUT2D eigenvalue weighted by atomic mass is 35.5. The molecule has 0 aliphatic carbocycles. The molecule has 0 bridgehead atoms. The number of rotatable bonds is 7. The number of benzene rings is 3. The zero-order valence-electron chi connectivity index (χ0n) is 21.0. The van der Waals surface area contributed by atoms with Gasteiger partial charge in [-0.2, -0.15) is 0 Å². The Labute approximate surface area is 236 Å². The molecular formula is C31H24Cl2N2O4. The molecule has 0 radical (unpaired) electrons. The first-order valence-corrected chi connectivity index (χ1v) is 13.0. The van der Waals surface area contributed by atoms with E-state index in [-0.39, 0.29) is 22.9 Å². The lowest BCUT2D eigenvalue weighted by Gasteiger charge is -2.26. The molecule has 6 nitrogen and oxygen atoms in total. The van der Waals surface area contributed by atoms with Crippen LogP contribution in [0.2, 0.25) is 10.0 Å². The topological polar surface area (TPSA) is 79.7 Å². The summed E-state index contributed by atoms with van der Waals surface area (Å²) in [7, 11) is 0. The normalized spacial score (nSPS) is 16.5. The molecule has 0 saturated carbocycles. The summed E-state index contributed by atoms with van der Waals surface area (Å²) in [6, 6.07) is 22.4. The average Bonchev–Trinajstić information content (AvgIpc) is 3.18. The number of aryl methyl sites for hydroxylation is 1. The number of likely N-dealkylation sites (tertiary alicyclic amines) is 1. The van der Waals surface area contributed by atoms with Gasteiger partial charge in [0, 0.05) is 34.5 Å². The van der Waals surface area contributed by atoms with E-state index >= 15 is 0 Å². The minimum absolute atomic E-state index is 0.0505. The van der Waals surface area contributed by atoms with Crippen molar-refractivity contribution in [1.82, 2.24) is 9.88 Å². The molecular weight excluding hydrogens is 535 g/mol. The molecule has 4 aromatic rings. The summed E-state index contributed by atoms with van der Waals surface area (Å²) in [5, 5.41) is 12.1. The molecule has 0 unspecified atom stereocenters. The standard InChI is InChI=1S/C31H24Cl2N2O4/c1-19-14-22(9-12-26(19)39-18-20-6-3-2-4-7-20)29(36)27-28(24-11-10-23(32)15-25(24)33)35(31(38)30(27)37)17-21-8-5-13-34-16-21/h2-16,28,36H,17-18H2,1H3/b29-27+/t28-/m1/s1. The molecule has 1 amide bonds. The van der Waals surface area contributed by atoms with Gasteiger partial charge in [-0.25, -0.2) is 0 Å². The van der Waals surface area contributed by atoms with Crippen LogP contribution in [0, 0.1) is 6.92 Å². The SMILES string of the molecule is Cc1cc(/C(O)=C2\C(=O)C(=O)N(Cc3cccnc3)[C@@H]2c2ccc(Cl)cc2Cl)ccc1OCc1ccccc1. The van der Waals surface area contributed by atoms with Crippen molar-refractivity contribution in [3.63, 3.8) is 0 Å². The smallest absolute Gasteiger partial charge is 0.295 e. The van der Waals surface area contributed by atoms with Crippen LogP contribution < -0.4 is 4.74 Å². The molecule has 3 aromatic carbocycles. The van der Waals surface area contributed by atoms with Crippen molar-refractivity contribution < 1.29 is 19.4 Å². The minimum Gasteiger partial charge on any atom is -0.507 e. The molecule has 196 valence electrons. The number of amides is 1. The monoisotopic (exact) mass is 558 g/mol. The number of aromatic nitrogens is 1. The highest BCUT2D eigenvalue weighted by molar-refractivity contribution is 6.47. The predicted octanol–water partition coefficient (Wildman–Crippen LogP) is 6.90. The van der Waals surface area contributed by atoms with E-state index in [2.05, 4.69) is 4.98 Å². The van der Waals surface area contributed by atoms with E-state index in [1.54, 1.807) is 54.9 Å². The zero-order valence-corrected chi connectivity index (χ0v) is 22.5. The average molecular weight is 559 g/mol. The summed E-state index contributed by atoms with van der Waals surface area (Å²) in [5.41, 5.74) is 3.33. The molecule has 1 N–H and O–H groups in total. The van der Waals surface area contributed by atoms with Crippen LogP contribution in [0.5, 0.6) is 5.75 Å². The summed E-state index contributed by atoms with van der Waals surface area (Å²) < 4.78 is 5.96. The zero-order chi connectivity index (χ0) is 27.5. The Hall–Kier alpha value is -4.13. The largest absolute Gasteiger partial charge is 0.507 e. The lowest BCUT2D eigenvalue weighted by Crippen LogP contribution is -2.29. The summed E-state index contributed by atoms with van der Waals surface area (Å²) in [4.78, 5) is 32.2. The van der Waals surface area contributed by atoms with Gasteiger partial charge in [0.15, 0.2) is 0 Å². The molecule has 39 heavy (non-hydrogen) atoms. The fourth-order valence-corrected chi connectivity index (χ4v) is 5.14. The van der Waals surface area contributed by atoms with Crippen molar-refractivity contribution in [3.05, 3.63) is 135 Å². The van der Waals surface area contributed by atoms with E-state index in [4.69, 9.17) is 27.9 Å². The van der Waals surface area contributed by atoms with Gasteiger partial charge in [0.25, 0.3) is 11.7 Å². The molecule has 5 rings (SSSR count). The Kier molecular flexibility index (Phi) is 7.68. The van der Waals surface area contributed by atoms with E-state index in [9.17, 15) is 14.7 Å². The molecule has 8 heteroatoms. The number of Topliss-reactive ketones (excluding diaryl/α,β-unsaturated/α-hetero) is 1. The van der Waals surface area contributed by atoms with E-state index < -0.39 is 17.7 Å². The van der Waals surface area contributed by atoms with Gasteiger partial charge >= 0.3 is 0 Å². The number of aliphatic hydroxyl groups is 1. The first kappa shape index (κ1) is 26.5. The minimum atomic E-state index is -0.927. The number of hydrogen-bond donors (Lipinski definition) is 1. The van der Waals surface area contributed by atoms with Crippen LogP contribution in [0.4, 0.5) is 0 Å². The van der Waals surface area contributed by atoms with Gasteiger partial charge in [0.1, 0.15) is 18.1 Å². The number of ether oxygens (including phenoxy) is 1. The second-order valence-electron chi connectivity index (χ2n) is 9.21. The molecule has 1 aliphatic rings. The van der Waals surface area contributed by atoms with E-state index in [0.717, 1.165) is 16.7 Å². The third kappa shape index (κ3) is 5.53. The maximum atomic E-state index is 13.4. The van der Waals surface area contributed by atoms with Crippen molar-refractivity contribution in [2.75, 3.05) is 0 Å². The third-order valence-electron chi connectivity index (χ3n) is 6.56. The number of carbonyl (C=O) groups is 2. The molecule has 2 heterocycles. The Morgan fingerprint density at radius 3 is 2.44 bits per heavy atom. The Balaban J connectivity index is 1.54. The Morgan fingerprint density at radius 1 is 0.974 bits per heavy atom. The van der Waals surface area contributed by atoms with Gasteiger partial charge in [-0.1, -0.05) is 65.7 Å². The number of halogens is 2. The van der Waals surface area contributed by atoms with Crippen LogP contribution in [0.3, 0.4) is 0 Å². The van der Waals surface area contributed by atoms with Crippen LogP contribution in [0.15, 0.2) is 96.8 Å². The van der Waals surface area contributed by atoms with Crippen LogP contribution in [-0.4, -0.2) is 26.7 Å². The highest BCUT2D eigenvalue weighted by Gasteiger charge is 2.46. The second kappa shape index (κ2) is 11.3. The van der Waals surface area contributed by atoms with E-state index in [0.29, 0.717) is 28.5 Å². The predicted molar refractivity (Wildman–Crippen MR) is 150 cm³/mol. The molecule has 1 aliphatic heterocycles. The van der Waals surface area contributed by atoms with Gasteiger partial charge in [-0.3, -0.25) is 14.6 Å². The van der Waals surface area contributed by atoms with E-state index in [1.807, 2.05) is 43.3 Å². The highest BCUT2D eigenvalue weighted by Crippen LogP contribution is 2.43.